The van der Waals surface area contributed by atoms with Crippen molar-refractivity contribution in [2.24, 2.45) is 5.92 Å². The van der Waals surface area contributed by atoms with E-state index < -0.39 is 0 Å². The van der Waals surface area contributed by atoms with Crippen molar-refractivity contribution in [1.29, 1.82) is 0 Å². The predicted octanol–water partition coefficient (Wildman–Crippen LogP) is 3.18. The molecule has 1 atom stereocenters. The molecule has 2 heteroatoms. The Balaban J connectivity index is 1.59. The van der Waals surface area contributed by atoms with Gasteiger partial charge in [0.2, 0.25) is 5.91 Å². The molecule has 1 N–H and O–H groups in total. The van der Waals surface area contributed by atoms with Gasteiger partial charge in [0, 0.05) is 12.5 Å². The third-order valence-corrected chi connectivity index (χ3v) is 3.86. The summed E-state index contributed by atoms with van der Waals surface area (Å²) in [6.45, 7) is 0. The van der Waals surface area contributed by atoms with E-state index >= 15 is 0 Å². The highest BCUT2D eigenvalue weighted by Crippen LogP contribution is 2.27. The summed E-state index contributed by atoms with van der Waals surface area (Å²) < 4.78 is 0. The Morgan fingerprint density at radius 1 is 1.19 bits per heavy atom. The molecule has 0 radical (unpaired) electrons. The second kappa shape index (κ2) is 6.07. The van der Waals surface area contributed by atoms with Crippen LogP contribution < -0.4 is 5.32 Å². The number of allylic oxidation sites excluding steroid dienone is 1. The number of hydrogen-bond donors (Lipinski definition) is 1. The Hall–Kier alpha value is -0.790. The molecule has 90 valence electrons. The van der Waals surface area contributed by atoms with Gasteiger partial charge in [0.05, 0.1) is 0 Å². The highest BCUT2D eigenvalue weighted by molar-refractivity contribution is 5.78. The number of carbonyl (C=O) groups excluding carboxylic acids is 1. The van der Waals surface area contributed by atoms with E-state index in [1.165, 1.54) is 44.9 Å². The summed E-state index contributed by atoms with van der Waals surface area (Å²) in [5, 5.41) is 2.97. The van der Waals surface area contributed by atoms with Crippen LogP contribution in [0.25, 0.3) is 0 Å². The third-order valence-electron chi connectivity index (χ3n) is 3.86. The number of amides is 1. The van der Waals surface area contributed by atoms with E-state index in [9.17, 15) is 4.79 Å². The zero-order valence-corrected chi connectivity index (χ0v) is 10.1. The molecule has 1 saturated heterocycles. The lowest BCUT2D eigenvalue weighted by Crippen LogP contribution is -2.22. The fourth-order valence-electron chi connectivity index (χ4n) is 2.85. The van der Waals surface area contributed by atoms with Crippen molar-refractivity contribution >= 4 is 5.91 Å². The molecular formula is C14H23NO. The summed E-state index contributed by atoms with van der Waals surface area (Å²) in [4.78, 5) is 11.0. The van der Waals surface area contributed by atoms with Crippen molar-refractivity contribution in [2.75, 3.05) is 0 Å². The van der Waals surface area contributed by atoms with Gasteiger partial charge in [0.15, 0.2) is 0 Å². The van der Waals surface area contributed by atoms with Crippen LogP contribution in [-0.4, -0.2) is 11.9 Å². The molecule has 1 heterocycles. The second-order valence-electron chi connectivity index (χ2n) is 5.22. The standard InChI is InChI=1S/C14H23NO/c16-14-11-10-13(15-14)9-5-4-8-12-6-2-1-3-7-12/h5,9,12-13H,1-4,6-8,10-11H2,(H,15,16)/b9-5+. The Morgan fingerprint density at radius 3 is 2.69 bits per heavy atom. The lowest BCUT2D eigenvalue weighted by atomic mass is 9.86. The van der Waals surface area contributed by atoms with Crippen LogP contribution in [0.4, 0.5) is 0 Å². The molecular weight excluding hydrogens is 198 g/mol. The molecule has 0 aromatic carbocycles. The number of hydrogen-bond acceptors (Lipinski definition) is 1. The zero-order valence-electron chi connectivity index (χ0n) is 10.1. The van der Waals surface area contributed by atoms with E-state index in [4.69, 9.17) is 0 Å². The van der Waals surface area contributed by atoms with E-state index in [0.717, 1.165) is 12.3 Å². The molecule has 1 unspecified atom stereocenters. The summed E-state index contributed by atoms with van der Waals surface area (Å²) in [5.41, 5.74) is 0. The maximum atomic E-state index is 11.0. The van der Waals surface area contributed by atoms with E-state index in [0.29, 0.717) is 12.5 Å². The van der Waals surface area contributed by atoms with Crippen LogP contribution in [0.3, 0.4) is 0 Å². The quantitative estimate of drug-likeness (QED) is 0.726. The minimum absolute atomic E-state index is 0.210. The van der Waals surface area contributed by atoms with Crippen LogP contribution >= 0.6 is 0 Å². The van der Waals surface area contributed by atoms with Crippen LogP contribution in [0.15, 0.2) is 12.2 Å². The molecule has 2 aliphatic rings. The van der Waals surface area contributed by atoms with Gasteiger partial charge >= 0.3 is 0 Å². The van der Waals surface area contributed by atoms with Crippen LogP contribution in [0, 0.1) is 5.92 Å². The molecule has 1 aliphatic heterocycles. The summed E-state index contributed by atoms with van der Waals surface area (Å²) >= 11 is 0. The first-order chi connectivity index (χ1) is 7.84. The number of nitrogens with one attached hydrogen (secondary N) is 1. The van der Waals surface area contributed by atoms with Crippen LogP contribution in [0.5, 0.6) is 0 Å². The van der Waals surface area contributed by atoms with Gasteiger partial charge in [-0.25, -0.2) is 0 Å². The van der Waals surface area contributed by atoms with Gasteiger partial charge in [-0.05, 0) is 25.2 Å². The van der Waals surface area contributed by atoms with Gasteiger partial charge < -0.3 is 5.32 Å². The molecule has 2 rings (SSSR count). The monoisotopic (exact) mass is 221 g/mol. The molecule has 2 nitrogen and oxygen atoms in total. The average molecular weight is 221 g/mol. The van der Waals surface area contributed by atoms with Crippen molar-refractivity contribution in [3.63, 3.8) is 0 Å². The van der Waals surface area contributed by atoms with E-state index in [-0.39, 0.29) is 5.91 Å². The van der Waals surface area contributed by atoms with Crippen LogP contribution in [0.2, 0.25) is 0 Å². The molecule has 1 saturated carbocycles. The zero-order chi connectivity index (χ0) is 11.2. The Bertz CT molecular complexity index is 253. The Morgan fingerprint density at radius 2 is 2.00 bits per heavy atom. The average Bonchev–Trinajstić information content (AvgIpc) is 2.72. The highest BCUT2D eigenvalue weighted by atomic mass is 16.1. The minimum atomic E-state index is 0.210. The lowest BCUT2D eigenvalue weighted by molar-refractivity contribution is -0.119. The molecule has 2 fully saturated rings. The summed E-state index contributed by atoms with van der Waals surface area (Å²) in [6.07, 6.45) is 15.9. The number of rotatable bonds is 4. The van der Waals surface area contributed by atoms with E-state index in [2.05, 4.69) is 17.5 Å². The smallest absolute Gasteiger partial charge is 0.220 e. The molecule has 0 aromatic rings. The first-order valence-corrected chi connectivity index (χ1v) is 6.80. The fraction of sp³-hybridized carbons (Fsp3) is 0.786. The minimum Gasteiger partial charge on any atom is -0.350 e. The van der Waals surface area contributed by atoms with Crippen molar-refractivity contribution < 1.29 is 4.79 Å². The van der Waals surface area contributed by atoms with Crippen molar-refractivity contribution in [3.8, 4) is 0 Å². The highest BCUT2D eigenvalue weighted by Gasteiger charge is 2.17. The van der Waals surface area contributed by atoms with Crippen LogP contribution in [0.1, 0.15) is 57.8 Å². The molecule has 0 aromatic heterocycles. The maximum Gasteiger partial charge on any atom is 0.220 e. The van der Waals surface area contributed by atoms with Crippen molar-refractivity contribution in [3.05, 3.63) is 12.2 Å². The van der Waals surface area contributed by atoms with Gasteiger partial charge in [0.25, 0.3) is 0 Å². The molecule has 1 aliphatic carbocycles. The van der Waals surface area contributed by atoms with Gasteiger partial charge in [-0.1, -0.05) is 44.3 Å². The summed E-state index contributed by atoms with van der Waals surface area (Å²) in [7, 11) is 0. The van der Waals surface area contributed by atoms with E-state index in [1.54, 1.807) is 0 Å². The Kier molecular flexibility index (Phi) is 4.44. The largest absolute Gasteiger partial charge is 0.350 e. The maximum absolute atomic E-state index is 11.0. The lowest BCUT2D eigenvalue weighted by Gasteiger charge is -2.20. The summed E-state index contributed by atoms with van der Waals surface area (Å²) in [5.74, 6) is 1.18. The number of carbonyl (C=O) groups is 1. The van der Waals surface area contributed by atoms with Gasteiger partial charge in [0.1, 0.15) is 0 Å². The fourth-order valence-corrected chi connectivity index (χ4v) is 2.85. The Labute approximate surface area is 98.5 Å². The van der Waals surface area contributed by atoms with Gasteiger partial charge in [-0.15, -0.1) is 0 Å². The molecule has 0 bridgehead atoms. The van der Waals surface area contributed by atoms with Gasteiger partial charge in [-0.3, -0.25) is 4.79 Å². The molecule has 16 heavy (non-hydrogen) atoms. The van der Waals surface area contributed by atoms with Crippen molar-refractivity contribution in [2.45, 2.75) is 63.8 Å². The topological polar surface area (TPSA) is 29.1 Å². The van der Waals surface area contributed by atoms with E-state index in [1.807, 2.05) is 0 Å². The first-order valence-electron chi connectivity index (χ1n) is 6.80. The second-order valence-corrected chi connectivity index (χ2v) is 5.22. The SMILES string of the molecule is O=C1CCC(/C=C/CCC2CCCCC2)N1. The predicted molar refractivity (Wildman–Crippen MR) is 66.1 cm³/mol. The summed E-state index contributed by atoms with van der Waals surface area (Å²) in [6, 6.07) is 0.318. The van der Waals surface area contributed by atoms with Crippen molar-refractivity contribution in [1.82, 2.24) is 5.32 Å². The third kappa shape index (κ3) is 3.66. The molecule has 0 spiro atoms. The van der Waals surface area contributed by atoms with Crippen LogP contribution in [-0.2, 0) is 4.79 Å². The first kappa shape index (κ1) is 11.7. The molecule has 1 amide bonds. The van der Waals surface area contributed by atoms with Gasteiger partial charge in [-0.2, -0.15) is 0 Å². The normalized spacial score (nSPS) is 27.5.